The zero-order chi connectivity index (χ0) is 22.1. The molecule has 1 aliphatic heterocycles. The Morgan fingerprint density at radius 1 is 0.938 bits per heavy atom. The number of ether oxygens (including phenoxy) is 1. The number of hydrogen-bond acceptors (Lipinski definition) is 4. The smallest absolute Gasteiger partial charge is 0.174 e. The van der Waals surface area contributed by atoms with Crippen molar-refractivity contribution in [1.82, 2.24) is 10.3 Å². The third-order valence-corrected chi connectivity index (χ3v) is 5.90. The molecule has 0 amide bonds. The third kappa shape index (κ3) is 3.85. The zero-order valence-corrected chi connectivity index (χ0v) is 18.7. The second-order valence-electron chi connectivity index (χ2n) is 7.81. The summed E-state index contributed by atoms with van der Waals surface area (Å²) in [6.45, 7) is 3.98. The lowest BCUT2D eigenvalue weighted by atomic mass is 10.0. The maximum Gasteiger partial charge on any atom is 0.174 e. The van der Waals surface area contributed by atoms with Gasteiger partial charge >= 0.3 is 0 Å². The number of furan rings is 1. The molecule has 32 heavy (non-hydrogen) atoms. The molecule has 0 spiro atoms. The number of para-hydroxylation sites is 1. The minimum atomic E-state index is -0.158. The number of aromatic nitrogens is 1. The average molecular weight is 442 g/mol. The van der Waals surface area contributed by atoms with Crippen molar-refractivity contribution in [3.63, 3.8) is 0 Å². The van der Waals surface area contributed by atoms with Crippen LogP contribution in [0, 0.1) is 13.8 Å². The van der Waals surface area contributed by atoms with E-state index < -0.39 is 0 Å². The summed E-state index contributed by atoms with van der Waals surface area (Å²) in [7, 11) is 0. The summed E-state index contributed by atoms with van der Waals surface area (Å²) in [6.07, 6.45) is 1.80. The second-order valence-corrected chi connectivity index (χ2v) is 8.19. The predicted octanol–water partition coefficient (Wildman–Crippen LogP) is 6.26. The van der Waals surface area contributed by atoms with E-state index in [0.29, 0.717) is 5.11 Å². The summed E-state index contributed by atoms with van der Waals surface area (Å²) < 4.78 is 12.1. The van der Waals surface area contributed by atoms with Crippen LogP contribution < -0.4 is 15.0 Å². The molecule has 6 heteroatoms. The maximum absolute atomic E-state index is 6.06. The number of benzene rings is 2. The molecule has 2 aromatic heterocycles. The lowest BCUT2D eigenvalue weighted by molar-refractivity contribution is 0.418. The van der Waals surface area contributed by atoms with E-state index in [0.717, 1.165) is 40.0 Å². The van der Waals surface area contributed by atoms with Crippen LogP contribution in [0.1, 0.15) is 34.9 Å². The van der Waals surface area contributed by atoms with Crippen LogP contribution in [-0.2, 0) is 0 Å². The van der Waals surface area contributed by atoms with Gasteiger partial charge in [-0.1, -0.05) is 24.3 Å². The Morgan fingerprint density at radius 3 is 2.41 bits per heavy atom. The standard InChI is InChI=1S/C26H23N3O2S/c1-17-7-3-4-9-22(17)31-20-13-11-19(12-14-20)29-25(23-15-10-18(2)30-23)24(28-26(29)32)21-8-5-6-16-27-21/h3-16,24-25H,1-2H3,(H,28,32). The molecule has 4 aromatic rings. The number of pyridine rings is 1. The van der Waals surface area contributed by atoms with Gasteiger partial charge in [0.25, 0.3) is 0 Å². The summed E-state index contributed by atoms with van der Waals surface area (Å²) >= 11 is 5.75. The Labute approximate surface area is 192 Å². The van der Waals surface area contributed by atoms with Gasteiger partial charge in [0, 0.05) is 11.9 Å². The SMILES string of the molecule is Cc1ccc(C2C(c3ccccn3)NC(=S)N2c2ccc(Oc3ccccc3C)cc2)o1. The Balaban J connectivity index is 1.48. The highest BCUT2D eigenvalue weighted by atomic mass is 32.1. The van der Waals surface area contributed by atoms with E-state index in [2.05, 4.69) is 15.2 Å². The summed E-state index contributed by atoms with van der Waals surface area (Å²) in [5.74, 6) is 3.32. The molecule has 1 N–H and O–H groups in total. The predicted molar refractivity (Wildman–Crippen MR) is 129 cm³/mol. The molecular weight excluding hydrogens is 418 g/mol. The number of rotatable bonds is 5. The monoisotopic (exact) mass is 441 g/mol. The van der Waals surface area contributed by atoms with E-state index >= 15 is 0 Å². The molecule has 0 aliphatic carbocycles. The van der Waals surface area contributed by atoms with Crippen molar-refractivity contribution >= 4 is 23.0 Å². The summed E-state index contributed by atoms with van der Waals surface area (Å²) in [4.78, 5) is 6.65. The van der Waals surface area contributed by atoms with Crippen molar-refractivity contribution < 1.29 is 9.15 Å². The minimum Gasteiger partial charge on any atom is -0.464 e. The topological polar surface area (TPSA) is 50.5 Å². The number of hydrogen-bond donors (Lipinski definition) is 1. The molecule has 2 unspecified atom stereocenters. The van der Waals surface area contributed by atoms with Gasteiger partial charge in [0.1, 0.15) is 29.1 Å². The molecule has 0 bridgehead atoms. The van der Waals surface area contributed by atoms with E-state index in [9.17, 15) is 0 Å². The van der Waals surface area contributed by atoms with Crippen LogP contribution in [0.15, 0.2) is 89.5 Å². The Morgan fingerprint density at radius 2 is 1.72 bits per heavy atom. The van der Waals surface area contributed by atoms with Crippen molar-refractivity contribution in [2.75, 3.05) is 4.90 Å². The average Bonchev–Trinajstić information content (AvgIpc) is 3.39. The molecule has 1 aliphatic rings. The molecule has 1 fully saturated rings. The first-order chi connectivity index (χ1) is 15.6. The van der Waals surface area contributed by atoms with Gasteiger partial charge in [-0.05, 0) is 86.2 Å². The lowest BCUT2D eigenvalue weighted by Crippen LogP contribution is -2.29. The van der Waals surface area contributed by atoms with Crippen LogP contribution in [0.4, 0.5) is 5.69 Å². The molecule has 160 valence electrons. The molecule has 0 radical (unpaired) electrons. The highest BCUT2D eigenvalue weighted by Crippen LogP contribution is 2.42. The van der Waals surface area contributed by atoms with Crippen LogP contribution in [0.5, 0.6) is 11.5 Å². The van der Waals surface area contributed by atoms with Crippen LogP contribution >= 0.6 is 12.2 Å². The zero-order valence-electron chi connectivity index (χ0n) is 17.9. The molecule has 5 nitrogen and oxygen atoms in total. The number of anilines is 1. The molecule has 2 aromatic carbocycles. The van der Waals surface area contributed by atoms with Crippen LogP contribution in [-0.4, -0.2) is 10.1 Å². The molecular formula is C26H23N3O2S. The first-order valence-electron chi connectivity index (χ1n) is 10.5. The van der Waals surface area contributed by atoms with Crippen molar-refractivity contribution in [3.8, 4) is 11.5 Å². The largest absolute Gasteiger partial charge is 0.464 e. The highest BCUT2D eigenvalue weighted by molar-refractivity contribution is 7.80. The molecule has 3 heterocycles. The quantitative estimate of drug-likeness (QED) is 0.369. The van der Waals surface area contributed by atoms with Crippen molar-refractivity contribution in [3.05, 3.63) is 108 Å². The van der Waals surface area contributed by atoms with E-state index in [1.807, 2.05) is 92.7 Å². The Bertz CT molecular complexity index is 1240. The number of nitrogens with one attached hydrogen (secondary N) is 1. The van der Waals surface area contributed by atoms with E-state index in [1.54, 1.807) is 6.20 Å². The van der Waals surface area contributed by atoms with Crippen molar-refractivity contribution in [1.29, 1.82) is 0 Å². The van der Waals surface area contributed by atoms with E-state index in [4.69, 9.17) is 21.4 Å². The molecule has 5 rings (SSSR count). The van der Waals surface area contributed by atoms with Gasteiger partial charge in [0.05, 0.1) is 11.7 Å². The van der Waals surface area contributed by atoms with E-state index in [-0.39, 0.29) is 12.1 Å². The fourth-order valence-corrected chi connectivity index (χ4v) is 4.35. The van der Waals surface area contributed by atoms with Gasteiger partial charge in [-0.25, -0.2) is 0 Å². The van der Waals surface area contributed by atoms with Gasteiger partial charge < -0.3 is 19.4 Å². The first-order valence-corrected chi connectivity index (χ1v) is 10.9. The van der Waals surface area contributed by atoms with Crippen molar-refractivity contribution in [2.45, 2.75) is 25.9 Å². The fourth-order valence-electron chi connectivity index (χ4n) is 4.01. The second kappa shape index (κ2) is 8.48. The highest BCUT2D eigenvalue weighted by Gasteiger charge is 2.42. The summed E-state index contributed by atoms with van der Waals surface area (Å²) in [5.41, 5.74) is 2.96. The number of nitrogens with zero attached hydrogens (tertiary/aromatic N) is 2. The van der Waals surface area contributed by atoms with Crippen molar-refractivity contribution in [2.24, 2.45) is 0 Å². The first kappa shape index (κ1) is 20.3. The van der Waals surface area contributed by atoms with Crippen LogP contribution in [0.3, 0.4) is 0 Å². The van der Waals surface area contributed by atoms with E-state index in [1.165, 1.54) is 0 Å². The van der Waals surface area contributed by atoms with Gasteiger partial charge in [0.15, 0.2) is 5.11 Å². The van der Waals surface area contributed by atoms with Gasteiger partial charge in [-0.15, -0.1) is 0 Å². The summed E-state index contributed by atoms with van der Waals surface area (Å²) in [6, 6.07) is 25.5. The molecule has 1 saturated heterocycles. The van der Waals surface area contributed by atoms with Crippen LogP contribution in [0.2, 0.25) is 0 Å². The lowest BCUT2D eigenvalue weighted by Gasteiger charge is -2.26. The number of thiocarbonyl (C=S) groups is 1. The molecule has 0 saturated carbocycles. The van der Waals surface area contributed by atoms with Gasteiger partial charge in [0.2, 0.25) is 0 Å². The van der Waals surface area contributed by atoms with Gasteiger partial charge in [-0.2, -0.15) is 0 Å². The Kier molecular flexibility index (Phi) is 5.37. The normalized spacial score (nSPS) is 17.9. The third-order valence-electron chi connectivity index (χ3n) is 5.59. The van der Waals surface area contributed by atoms with Crippen LogP contribution in [0.25, 0.3) is 0 Å². The Hall–Kier alpha value is -3.64. The summed E-state index contributed by atoms with van der Waals surface area (Å²) in [5, 5.41) is 4.07. The van der Waals surface area contributed by atoms with Gasteiger partial charge in [-0.3, -0.25) is 4.98 Å². The minimum absolute atomic E-state index is 0.128. The fraction of sp³-hybridized carbons (Fsp3) is 0.154. The molecule has 2 atom stereocenters. The number of aryl methyl sites for hydroxylation is 2. The maximum atomic E-state index is 6.06.